The summed E-state index contributed by atoms with van der Waals surface area (Å²) < 4.78 is 37.8. The molecule has 0 atom stereocenters. The van der Waals surface area contributed by atoms with E-state index in [-0.39, 0.29) is 16.4 Å². The van der Waals surface area contributed by atoms with Crippen molar-refractivity contribution < 1.29 is 18.0 Å². The van der Waals surface area contributed by atoms with Crippen molar-refractivity contribution in [1.29, 1.82) is 0 Å². The second-order valence-electron chi connectivity index (χ2n) is 4.77. The number of hydrogen-bond acceptors (Lipinski definition) is 3. The second kappa shape index (κ2) is 5.58. The summed E-state index contributed by atoms with van der Waals surface area (Å²) in [6.45, 7) is 0. The highest BCUT2D eigenvalue weighted by atomic mass is 35.5. The Morgan fingerprint density at radius 1 is 1.13 bits per heavy atom. The van der Waals surface area contributed by atoms with Crippen molar-refractivity contribution in [2.75, 3.05) is 10.6 Å². The van der Waals surface area contributed by atoms with E-state index < -0.39 is 17.6 Å². The molecule has 118 valence electrons. The Hall–Kier alpha value is -2.54. The zero-order valence-corrected chi connectivity index (χ0v) is 12.2. The molecule has 0 unspecified atom stereocenters. The van der Waals surface area contributed by atoms with Crippen LogP contribution in [0.5, 0.6) is 0 Å². The number of hydrogen-bond donors (Lipinski definition) is 2. The van der Waals surface area contributed by atoms with Crippen LogP contribution in [0, 0.1) is 0 Å². The zero-order chi connectivity index (χ0) is 16.6. The van der Waals surface area contributed by atoms with E-state index in [4.69, 9.17) is 11.6 Å². The third-order valence-electron chi connectivity index (χ3n) is 3.17. The fourth-order valence-electron chi connectivity index (χ4n) is 2.04. The summed E-state index contributed by atoms with van der Waals surface area (Å²) in [4.78, 5) is 15.7. The summed E-state index contributed by atoms with van der Waals surface area (Å²) in [5, 5.41) is 5.37. The van der Waals surface area contributed by atoms with E-state index in [9.17, 15) is 18.0 Å². The number of carbonyl (C=O) groups excluding carboxylic acids is 1. The van der Waals surface area contributed by atoms with Gasteiger partial charge in [-0.3, -0.25) is 9.78 Å². The number of rotatable bonds is 1. The van der Waals surface area contributed by atoms with Gasteiger partial charge in [0.2, 0.25) is 0 Å². The van der Waals surface area contributed by atoms with Crippen molar-refractivity contribution in [2.45, 2.75) is 6.18 Å². The molecule has 1 aliphatic rings. The fourth-order valence-corrected chi connectivity index (χ4v) is 2.26. The number of pyridine rings is 1. The van der Waals surface area contributed by atoms with Crippen LogP contribution in [-0.4, -0.2) is 10.9 Å². The van der Waals surface area contributed by atoms with Crippen LogP contribution in [0.4, 0.5) is 24.5 Å². The van der Waals surface area contributed by atoms with E-state index in [1.54, 1.807) is 24.3 Å². The van der Waals surface area contributed by atoms with E-state index >= 15 is 0 Å². The summed E-state index contributed by atoms with van der Waals surface area (Å²) in [6, 6.07) is 7.80. The van der Waals surface area contributed by atoms with Crippen LogP contribution in [0.1, 0.15) is 11.3 Å². The molecule has 0 aliphatic carbocycles. The number of halogens is 4. The van der Waals surface area contributed by atoms with E-state index in [1.807, 2.05) is 0 Å². The summed E-state index contributed by atoms with van der Waals surface area (Å²) in [7, 11) is 0. The maximum atomic E-state index is 12.6. The second-order valence-corrected chi connectivity index (χ2v) is 5.18. The average Bonchev–Trinajstić information content (AvgIpc) is 2.49. The normalized spacial score (nSPS) is 15.8. The minimum Gasteiger partial charge on any atom is -0.349 e. The van der Waals surface area contributed by atoms with Crippen LogP contribution >= 0.6 is 11.6 Å². The van der Waals surface area contributed by atoms with Crippen LogP contribution in [0.15, 0.2) is 42.2 Å². The lowest BCUT2D eigenvalue weighted by atomic mass is 10.1. The molecule has 0 radical (unpaired) electrons. The van der Waals surface area contributed by atoms with E-state index in [2.05, 4.69) is 15.6 Å². The Morgan fingerprint density at radius 2 is 1.78 bits per heavy atom. The first kappa shape index (κ1) is 15.4. The first-order valence-corrected chi connectivity index (χ1v) is 6.84. The zero-order valence-electron chi connectivity index (χ0n) is 11.4. The van der Waals surface area contributed by atoms with Gasteiger partial charge < -0.3 is 10.6 Å². The number of alkyl halides is 3. The first-order chi connectivity index (χ1) is 10.8. The van der Waals surface area contributed by atoms with E-state index in [0.29, 0.717) is 17.6 Å². The van der Waals surface area contributed by atoms with E-state index in [1.165, 1.54) is 6.08 Å². The van der Waals surface area contributed by atoms with Crippen molar-refractivity contribution in [3.63, 3.8) is 0 Å². The molecule has 1 aromatic heterocycles. The summed E-state index contributed by atoms with van der Waals surface area (Å²) in [6.07, 6.45) is -2.55. The van der Waals surface area contributed by atoms with Gasteiger partial charge in [0.25, 0.3) is 5.91 Å². The largest absolute Gasteiger partial charge is 0.417 e. The fraction of sp³-hybridized carbons (Fsp3) is 0.0667. The van der Waals surface area contributed by atoms with Crippen molar-refractivity contribution >= 4 is 35.0 Å². The topological polar surface area (TPSA) is 54.0 Å². The van der Waals surface area contributed by atoms with Crippen molar-refractivity contribution in [3.05, 3.63) is 58.5 Å². The molecule has 0 bridgehead atoms. The smallest absolute Gasteiger partial charge is 0.349 e. The lowest BCUT2D eigenvalue weighted by Crippen LogP contribution is -2.25. The van der Waals surface area contributed by atoms with Gasteiger partial charge in [-0.25, -0.2) is 0 Å². The van der Waals surface area contributed by atoms with Gasteiger partial charge in [0, 0.05) is 6.20 Å². The molecule has 1 aromatic carbocycles. The van der Waals surface area contributed by atoms with Gasteiger partial charge in [0.1, 0.15) is 5.70 Å². The van der Waals surface area contributed by atoms with Crippen molar-refractivity contribution in [3.8, 4) is 0 Å². The maximum absolute atomic E-state index is 12.6. The molecule has 0 saturated carbocycles. The number of nitrogens with one attached hydrogen (secondary N) is 2. The first-order valence-electron chi connectivity index (χ1n) is 6.46. The molecule has 3 rings (SSSR count). The van der Waals surface area contributed by atoms with Gasteiger partial charge in [-0.05, 0) is 24.3 Å². The molecule has 1 aliphatic heterocycles. The third kappa shape index (κ3) is 3.14. The van der Waals surface area contributed by atoms with E-state index in [0.717, 1.165) is 6.07 Å². The molecule has 1 amide bonds. The number of para-hydroxylation sites is 2. The molecule has 4 nitrogen and oxygen atoms in total. The highest BCUT2D eigenvalue weighted by molar-refractivity contribution is 6.32. The molecule has 0 spiro atoms. The molecule has 0 saturated heterocycles. The maximum Gasteiger partial charge on any atom is 0.417 e. The molecule has 0 fully saturated rings. The van der Waals surface area contributed by atoms with Crippen LogP contribution < -0.4 is 10.6 Å². The average molecular weight is 340 g/mol. The Balaban J connectivity index is 1.95. The summed E-state index contributed by atoms with van der Waals surface area (Å²) >= 11 is 5.84. The lowest BCUT2D eigenvalue weighted by Gasteiger charge is -2.20. The van der Waals surface area contributed by atoms with Crippen LogP contribution in [0.25, 0.3) is 6.08 Å². The minimum atomic E-state index is -4.53. The molecular weight excluding hydrogens is 331 g/mol. The van der Waals surface area contributed by atoms with Gasteiger partial charge in [0.05, 0.1) is 27.7 Å². The molecule has 2 N–H and O–H groups in total. The number of nitrogens with zero attached hydrogens (tertiary/aromatic N) is 1. The van der Waals surface area contributed by atoms with Gasteiger partial charge in [0.15, 0.2) is 0 Å². The van der Waals surface area contributed by atoms with Gasteiger partial charge >= 0.3 is 6.18 Å². The summed E-state index contributed by atoms with van der Waals surface area (Å²) in [5.74, 6) is -0.429. The molecule has 23 heavy (non-hydrogen) atoms. The number of fused-ring (bicyclic) bond motifs is 1. The standard InChI is InChI=1S/C15H9ClF3N3O/c16-9-5-8(15(17,18)19)7-20-12(9)6-13-14(23)22-11-4-2-1-3-10(11)21-13/h1-7,21H,(H,22,23). The number of aromatic nitrogens is 1. The quantitative estimate of drug-likeness (QED) is 0.767. The van der Waals surface area contributed by atoms with Gasteiger partial charge in [-0.2, -0.15) is 13.2 Å². The number of anilines is 2. The van der Waals surface area contributed by atoms with Crippen LogP contribution in [-0.2, 0) is 11.0 Å². The van der Waals surface area contributed by atoms with Crippen LogP contribution in [0.2, 0.25) is 5.02 Å². The number of carbonyl (C=O) groups is 1. The van der Waals surface area contributed by atoms with Crippen molar-refractivity contribution in [1.82, 2.24) is 4.98 Å². The molecule has 2 heterocycles. The third-order valence-corrected chi connectivity index (χ3v) is 3.47. The predicted molar refractivity (Wildman–Crippen MR) is 80.9 cm³/mol. The van der Waals surface area contributed by atoms with Crippen LogP contribution in [0.3, 0.4) is 0 Å². The Bertz CT molecular complexity index is 818. The van der Waals surface area contributed by atoms with Gasteiger partial charge in [-0.1, -0.05) is 23.7 Å². The number of amides is 1. The lowest BCUT2D eigenvalue weighted by molar-refractivity contribution is -0.137. The SMILES string of the molecule is O=C1Nc2ccccc2NC1=Cc1ncc(C(F)(F)F)cc1Cl. The molecule has 2 aromatic rings. The molecule has 8 heteroatoms. The number of benzene rings is 1. The predicted octanol–water partition coefficient (Wildman–Crippen LogP) is 4.16. The Kier molecular flexibility index (Phi) is 3.73. The van der Waals surface area contributed by atoms with Crippen molar-refractivity contribution in [2.24, 2.45) is 0 Å². The summed E-state index contributed by atoms with van der Waals surface area (Å²) in [5.41, 5.74) is 0.535. The minimum absolute atomic E-state index is 0.0664. The Labute approximate surface area is 134 Å². The monoisotopic (exact) mass is 339 g/mol. The highest BCUT2D eigenvalue weighted by Gasteiger charge is 2.31. The van der Waals surface area contributed by atoms with Gasteiger partial charge in [-0.15, -0.1) is 0 Å². The highest BCUT2D eigenvalue weighted by Crippen LogP contribution is 2.32. The molecular formula is C15H9ClF3N3O. The Morgan fingerprint density at radius 3 is 2.39 bits per heavy atom.